The molecule has 0 amide bonds. The summed E-state index contributed by atoms with van der Waals surface area (Å²) < 4.78 is 27.1. The molecule has 2 N–H and O–H groups in total. The van der Waals surface area contributed by atoms with Crippen molar-refractivity contribution in [3.05, 3.63) is 58.3 Å². The Hall–Kier alpha value is -2.43. The van der Waals surface area contributed by atoms with Crippen molar-refractivity contribution in [2.24, 2.45) is 0 Å². The number of nitrogens with zero attached hydrogens (tertiary/aromatic N) is 2. The van der Waals surface area contributed by atoms with E-state index < -0.39 is 10.0 Å². The van der Waals surface area contributed by atoms with Gasteiger partial charge in [0.25, 0.3) is 0 Å². The molecule has 0 atom stereocenters. The predicted molar refractivity (Wildman–Crippen MR) is 103 cm³/mol. The second kappa shape index (κ2) is 8.30. The average Bonchev–Trinajstić information content (AvgIpc) is 2.52. The van der Waals surface area contributed by atoms with Gasteiger partial charge in [0.2, 0.25) is 10.0 Å². The number of benzene rings is 1. The van der Waals surface area contributed by atoms with Gasteiger partial charge in [-0.25, -0.2) is 18.1 Å². The van der Waals surface area contributed by atoms with Crippen molar-refractivity contribution < 1.29 is 8.42 Å². The molecule has 7 heteroatoms. The van der Waals surface area contributed by atoms with Gasteiger partial charge in [0.15, 0.2) is 0 Å². The van der Waals surface area contributed by atoms with Crippen molar-refractivity contribution in [1.29, 1.82) is 5.26 Å². The molecule has 0 aliphatic carbocycles. The molecular formula is C19H24N4O2S. The van der Waals surface area contributed by atoms with E-state index in [4.69, 9.17) is 0 Å². The van der Waals surface area contributed by atoms with Crippen LogP contribution in [0.5, 0.6) is 0 Å². The quantitative estimate of drug-likeness (QED) is 0.779. The van der Waals surface area contributed by atoms with Crippen molar-refractivity contribution in [1.82, 2.24) is 9.71 Å². The molecule has 2 aromatic rings. The largest absolute Gasteiger partial charge is 0.365 e. The zero-order valence-corrected chi connectivity index (χ0v) is 16.3. The highest BCUT2D eigenvalue weighted by atomic mass is 32.2. The van der Waals surface area contributed by atoms with Crippen LogP contribution in [0.25, 0.3) is 0 Å². The van der Waals surface area contributed by atoms with Crippen molar-refractivity contribution in [3.63, 3.8) is 0 Å². The molecule has 138 valence electrons. The lowest BCUT2D eigenvalue weighted by molar-refractivity contribution is 0.569. The van der Waals surface area contributed by atoms with E-state index in [0.29, 0.717) is 17.9 Å². The van der Waals surface area contributed by atoms with Gasteiger partial charge in [-0.15, -0.1) is 0 Å². The van der Waals surface area contributed by atoms with E-state index in [9.17, 15) is 13.7 Å². The molecule has 0 radical (unpaired) electrons. The van der Waals surface area contributed by atoms with Crippen molar-refractivity contribution in [2.75, 3.05) is 5.32 Å². The number of anilines is 1. The molecular weight excluding hydrogens is 348 g/mol. The van der Waals surface area contributed by atoms with Crippen LogP contribution >= 0.6 is 0 Å². The molecule has 1 aromatic heterocycles. The Morgan fingerprint density at radius 3 is 2.46 bits per heavy atom. The molecule has 0 aliphatic rings. The fourth-order valence-electron chi connectivity index (χ4n) is 2.76. The number of pyridine rings is 1. The SMILES string of the molecule is Cc1cc(C)c(C#N)c(NCc2ccccc2CS(=O)(=O)NC(C)C)n1. The summed E-state index contributed by atoms with van der Waals surface area (Å²) in [7, 11) is -3.41. The molecule has 2 rings (SSSR count). The number of hydrogen-bond acceptors (Lipinski definition) is 5. The Kier molecular flexibility index (Phi) is 6.35. The number of aryl methyl sites for hydroxylation is 2. The first-order chi connectivity index (χ1) is 12.2. The van der Waals surface area contributed by atoms with E-state index >= 15 is 0 Å². The number of rotatable bonds is 7. The number of nitriles is 1. The van der Waals surface area contributed by atoms with Crippen LogP contribution in [0.4, 0.5) is 5.82 Å². The molecule has 1 heterocycles. The molecule has 0 aliphatic heterocycles. The zero-order chi connectivity index (χ0) is 19.3. The lowest BCUT2D eigenvalue weighted by Gasteiger charge is -2.14. The number of nitrogens with one attached hydrogen (secondary N) is 2. The van der Waals surface area contributed by atoms with Crippen LogP contribution in [0.1, 0.15) is 41.8 Å². The first kappa shape index (κ1) is 19.9. The summed E-state index contributed by atoms with van der Waals surface area (Å²) in [6, 6.07) is 11.2. The molecule has 0 spiro atoms. The maximum Gasteiger partial charge on any atom is 0.216 e. The van der Waals surface area contributed by atoms with Crippen molar-refractivity contribution in [3.8, 4) is 6.07 Å². The summed E-state index contributed by atoms with van der Waals surface area (Å²) in [5, 5.41) is 12.5. The minimum absolute atomic E-state index is 0.0889. The van der Waals surface area contributed by atoms with Gasteiger partial charge in [-0.3, -0.25) is 0 Å². The highest BCUT2D eigenvalue weighted by molar-refractivity contribution is 7.88. The number of hydrogen-bond donors (Lipinski definition) is 2. The third-order valence-corrected chi connectivity index (χ3v) is 5.30. The summed E-state index contributed by atoms with van der Waals surface area (Å²) in [5.74, 6) is 0.428. The summed E-state index contributed by atoms with van der Waals surface area (Å²) >= 11 is 0. The summed E-state index contributed by atoms with van der Waals surface area (Å²) in [5.41, 5.74) is 3.75. The lowest BCUT2D eigenvalue weighted by atomic mass is 10.1. The van der Waals surface area contributed by atoms with E-state index in [1.807, 2.05) is 38.1 Å². The van der Waals surface area contributed by atoms with Crippen LogP contribution in [0.3, 0.4) is 0 Å². The zero-order valence-electron chi connectivity index (χ0n) is 15.5. The molecule has 0 bridgehead atoms. The molecule has 0 unspecified atom stereocenters. The van der Waals surface area contributed by atoms with Crippen LogP contribution in [-0.4, -0.2) is 19.4 Å². The highest BCUT2D eigenvalue weighted by Gasteiger charge is 2.16. The first-order valence-electron chi connectivity index (χ1n) is 8.41. The van der Waals surface area contributed by atoms with Crippen molar-refractivity contribution >= 4 is 15.8 Å². The molecule has 0 saturated carbocycles. The Bertz CT molecular complexity index is 931. The van der Waals surface area contributed by atoms with Crippen LogP contribution in [0, 0.1) is 25.2 Å². The Labute approximate surface area is 155 Å². The fourth-order valence-corrected chi connectivity index (χ4v) is 4.25. The van der Waals surface area contributed by atoms with Crippen LogP contribution < -0.4 is 10.0 Å². The van der Waals surface area contributed by atoms with Gasteiger partial charge < -0.3 is 5.32 Å². The van der Waals surface area contributed by atoms with Crippen LogP contribution in [-0.2, 0) is 22.3 Å². The Balaban J connectivity index is 2.24. The topological polar surface area (TPSA) is 94.9 Å². The van der Waals surface area contributed by atoms with Gasteiger partial charge >= 0.3 is 0 Å². The first-order valence-corrected chi connectivity index (χ1v) is 10.1. The molecule has 0 saturated heterocycles. The van der Waals surface area contributed by atoms with Crippen LogP contribution in [0.15, 0.2) is 30.3 Å². The molecule has 0 fully saturated rings. The monoisotopic (exact) mass is 372 g/mol. The minimum Gasteiger partial charge on any atom is -0.365 e. The van der Waals surface area contributed by atoms with Crippen molar-refractivity contribution in [2.45, 2.75) is 46.0 Å². The van der Waals surface area contributed by atoms with E-state index in [-0.39, 0.29) is 11.8 Å². The highest BCUT2D eigenvalue weighted by Crippen LogP contribution is 2.20. The Morgan fingerprint density at radius 2 is 1.85 bits per heavy atom. The van der Waals surface area contributed by atoms with Crippen LogP contribution in [0.2, 0.25) is 0 Å². The van der Waals surface area contributed by atoms with Gasteiger partial charge in [-0.1, -0.05) is 24.3 Å². The van der Waals surface area contributed by atoms with Gasteiger partial charge in [0, 0.05) is 18.3 Å². The normalized spacial score (nSPS) is 11.4. The number of aromatic nitrogens is 1. The van der Waals surface area contributed by atoms with Gasteiger partial charge in [0.05, 0.1) is 11.3 Å². The standard InChI is InChI=1S/C19H24N4O2S/c1-13(2)23-26(24,25)12-17-8-6-5-7-16(17)11-21-19-18(10-20)14(3)9-15(4)22-19/h5-9,13,23H,11-12H2,1-4H3,(H,21,22). The van der Waals surface area contributed by atoms with Gasteiger partial charge in [-0.05, 0) is 50.5 Å². The third kappa shape index (κ3) is 5.28. The molecule has 26 heavy (non-hydrogen) atoms. The minimum atomic E-state index is -3.41. The van der Waals surface area contributed by atoms with E-state index in [2.05, 4.69) is 21.1 Å². The number of sulfonamides is 1. The molecule has 1 aromatic carbocycles. The summed E-state index contributed by atoms with van der Waals surface area (Å²) in [6.45, 7) is 7.71. The summed E-state index contributed by atoms with van der Waals surface area (Å²) in [4.78, 5) is 4.40. The van der Waals surface area contributed by atoms with Gasteiger partial charge in [-0.2, -0.15) is 5.26 Å². The lowest BCUT2D eigenvalue weighted by Crippen LogP contribution is -2.31. The average molecular weight is 372 g/mol. The summed E-state index contributed by atoms with van der Waals surface area (Å²) in [6.07, 6.45) is 0. The maximum atomic E-state index is 12.2. The fraction of sp³-hybridized carbons (Fsp3) is 0.368. The smallest absolute Gasteiger partial charge is 0.216 e. The third-order valence-electron chi connectivity index (χ3n) is 3.78. The second-order valence-corrected chi connectivity index (χ2v) is 8.32. The van der Waals surface area contributed by atoms with E-state index in [1.165, 1.54) is 0 Å². The van der Waals surface area contributed by atoms with E-state index in [1.54, 1.807) is 19.9 Å². The predicted octanol–water partition coefficient (Wildman–Crippen LogP) is 3.01. The second-order valence-electron chi connectivity index (χ2n) is 6.57. The maximum absolute atomic E-state index is 12.2. The Morgan fingerprint density at radius 1 is 1.19 bits per heavy atom. The van der Waals surface area contributed by atoms with E-state index in [0.717, 1.165) is 22.4 Å². The van der Waals surface area contributed by atoms with Gasteiger partial charge in [0.1, 0.15) is 11.9 Å². The molecule has 6 nitrogen and oxygen atoms in total.